The maximum absolute atomic E-state index is 12.5. The molecule has 0 spiro atoms. The fourth-order valence-electron chi connectivity index (χ4n) is 2.03. The molecule has 0 saturated heterocycles. The summed E-state index contributed by atoms with van der Waals surface area (Å²) in [5.41, 5.74) is 1.93. The van der Waals surface area contributed by atoms with E-state index < -0.39 is 15.9 Å². The molecule has 0 saturated carbocycles. The number of nitrogens with zero attached hydrogens (tertiary/aromatic N) is 1. The van der Waals surface area contributed by atoms with Crippen molar-refractivity contribution in [2.24, 2.45) is 0 Å². The lowest BCUT2D eigenvalue weighted by molar-refractivity contribution is 0.102. The van der Waals surface area contributed by atoms with E-state index in [0.717, 1.165) is 16.1 Å². The predicted molar refractivity (Wildman–Crippen MR) is 98.8 cm³/mol. The first kappa shape index (κ1) is 18.6. The summed E-state index contributed by atoms with van der Waals surface area (Å²) >= 11 is 12.0. The standard InChI is InChI=1S/C16H16Cl2N2O3S/c1-10-8-11(17)4-7-15(10)19-16(21)13-9-12(5-6-14(13)18)20(2)24(3,22)23/h4-9H,1-3H3,(H,19,21). The molecule has 0 aliphatic carbocycles. The van der Waals surface area contributed by atoms with Gasteiger partial charge in [-0.2, -0.15) is 0 Å². The SMILES string of the molecule is Cc1cc(Cl)ccc1NC(=O)c1cc(N(C)S(C)(=O)=O)ccc1Cl. The largest absolute Gasteiger partial charge is 0.322 e. The van der Waals surface area contributed by atoms with E-state index in [1.807, 2.05) is 6.92 Å². The van der Waals surface area contributed by atoms with Gasteiger partial charge in [0.25, 0.3) is 5.91 Å². The first-order valence-electron chi connectivity index (χ1n) is 6.90. The van der Waals surface area contributed by atoms with Crippen molar-refractivity contribution in [1.29, 1.82) is 0 Å². The van der Waals surface area contributed by atoms with Crippen LogP contribution in [0, 0.1) is 6.92 Å². The lowest BCUT2D eigenvalue weighted by atomic mass is 10.1. The maximum atomic E-state index is 12.5. The monoisotopic (exact) mass is 386 g/mol. The van der Waals surface area contributed by atoms with Gasteiger partial charge in [0.2, 0.25) is 10.0 Å². The number of aryl methyl sites for hydroxylation is 1. The number of hydrogen-bond acceptors (Lipinski definition) is 3. The Hall–Kier alpha value is -1.76. The molecule has 0 aromatic heterocycles. The Balaban J connectivity index is 2.35. The van der Waals surface area contributed by atoms with Crippen molar-refractivity contribution >= 4 is 50.5 Å². The summed E-state index contributed by atoms with van der Waals surface area (Å²) in [4.78, 5) is 12.5. The van der Waals surface area contributed by atoms with Gasteiger partial charge in [0.15, 0.2) is 0 Å². The van der Waals surface area contributed by atoms with Crippen LogP contribution in [0.15, 0.2) is 36.4 Å². The molecule has 1 N–H and O–H groups in total. The fourth-order valence-corrected chi connectivity index (χ4v) is 2.96. The number of halogens is 2. The average molecular weight is 387 g/mol. The van der Waals surface area contributed by atoms with E-state index >= 15 is 0 Å². The van der Waals surface area contributed by atoms with Gasteiger partial charge in [0, 0.05) is 17.8 Å². The van der Waals surface area contributed by atoms with E-state index in [4.69, 9.17) is 23.2 Å². The van der Waals surface area contributed by atoms with E-state index in [2.05, 4.69) is 5.32 Å². The minimum absolute atomic E-state index is 0.180. The molecule has 5 nitrogen and oxygen atoms in total. The van der Waals surface area contributed by atoms with Crippen molar-refractivity contribution in [1.82, 2.24) is 0 Å². The highest BCUT2D eigenvalue weighted by molar-refractivity contribution is 7.92. The second-order valence-corrected chi connectivity index (χ2v) is 8.17. The molecule has 0 aliphatic heterocycles. The number of nitrogens with one attached hydrogen (secondary N) is 1. The number of hydrogen-bond donors (Lipinski definition) is 1. The normalized spacial score (nSPS) is 11.2. The van der Waals surface area contributed by atoms with Gasteiger partial charge in [-0.15, -0.1) is 0 Å². The number of amides is 1. The molecule has 24 heavy (non-hydrogen) atoms. The molecule has 0 heterocycles. The maximum Gasteiger partial charge on any atom is 0.257 e. The summed E-state index contributed by atoms with van der Waals surface area (Å²) in [6.45, 7) is 1.82. The fraction of sp³-hybridized carbons (Fsp3) is 0.188. The van der Waals surface area contributed by atoms with Crippen molar-refractivity contribution in [2.45, 2.75) is 6.92 Å². The van der Waals surface area contributed by atoms with Gasteiger partial charge in [0.05, 0.1) is 22.5 Å². The van der Waals surface area contributed by atoms with Gasteiger partial charge in [-0.3, -0.25) is 9.10 Å². The summed E-state index contributed by atoms with van der Waals surface area (Å²) < 4.78 is 24.4. The summed E-state index contributed by atoms with van der Waals surface area (Å²) in [5.74, 6) is -0.436. The van der Waals surface area contributed by atoms with Crippen LogP contribution >= 0.6 is 23.2 Å². The third-order valence-electron chi connectivity index (χ3n) is 3.49. The van der Waals surface area contributed by atoms with E-state index in [-0.39, 0.29) is 10.6 Å². The van der Waals surface area contributed by atoms with Crippen molar-refractivity contribution in [2.75, 3.05) is 22.9 Å². The highest BCUT2D eigenvalue weighted by Gasteiger charge is 2.17. The van der Waals surface area contributed by atoms with Crippen LogP contribution in [-0.4, -0.2) is 27.6 Å². The Morgan fingerprint density at radius 2 is 1.79 bits per heavy atom. The van der Waals surface area contributed by atoms with Gasteiger partial charge in [-0.1, -0.05) is 23.2 Å². The summed E-state index contributed by atoms with van der Waals surface area (Å²) in [7, 11) is -2.03. The molecule has 2 rings (SSSR count). The zero-order chi connectivity index (χ0) is 18.1. The number of sulfonamides is 1. The molecular weight excluding hydrogens is 371 g/mol. The van der Waals surface area contributed by atoms with Gasteiger partial charge in [0.1, 0.15) is 0 Å². The Morgan fingerprint density at radius 1 is 1.12 bits per heavy atom. The number of rotatable bonds is 4. The third kappa shape index (κ3) is 4.20. The van der Waals surface area contributed by atoms with E-state index in [1.165, 1.54) is 25.2 Å². The van der Waals surface area contributed by atoms with E-state index in [0.29, 0.717) is 16.4 Å². The summed E-state index contributed by atoms with van der Waals surface area (Å²) in [6.07, 6.45) is 1.08. The molecule has 0 aliphatic rings. The molecule has 1 amide bonds. The van der Waals surface area contributed by atoms with Crippen LogP contribution in [0.2, 0.25) is 10.0 Å². The smallest absolute Gasteiger partial charge is 0.257 e. The van der Waals surface area contributed by atoms with Crippen molar-refractivity contribution in [3.8, 4) is 0 Å². The van der Waals surface area contributed by atoms with Crippen LogP contribution in [0.1, 0.15) is 15.9 Å². The number of carbonyl (C=O) groups excluding carboxylic acids is 1. The Kier molecular flexibility index (Phi) is 5.42. The van der Waals surface area contributed by atoms with Gasteiger partial charge < -0.3 is 5.32 Å². The lowest BCUT2D eigenvalue weighted by Gasteiger charge is -2.18. The van der Waals surface area contributed by atoms with Gasteiger partial charge >= 0.3 is 0 Å². The number of carbonyl (C=O) groups is 1. The molecule has 128 valence electrons. The Morgan fingerprint density at radius 3 is 2.38 bits per heavy atom. The second-order valence-electron chi connectivity index (χ2n) is 5.31. The minimum atomic E-state index is -3.44. The van der Waals surface area contributed by atoms with Crippen LogP contribution in [0.25, 0.3) is 0 Å². The quantitative estimate of drug-likeness (QED) is 0.864. The highest BCUT2D eigenvalue weighted by atomic mass is 35.5. The summed E-state index contributed by atoms with van der Waals surface area (Å²) in [5, 5.41) is 3.55. The van der Waals surface area contributed by atoms with Crippen molar-refractivity contribution in [3.05, 3.63) is 57.6 Å². The number of benzene rings is 2. The van der Waals surface area contributed by atoms with E-state index in [1.54, 1.807) is 18.2 Å². The average Bonchev–Trinajstić information content (AvgIpc) is 2.49. The number of anilines is 2. The molecular formula is C16H16Cl2N2O3S. The first-order valence-corrected chi connectivity index (χ1v) is 9.51. The second kappa shape index (κ2) is 7.01. The Bertz CT molecular complexity index is 898. The van der Waals surface area contributed by atoms with Gasteiger partial charge in [-0.05, 0) is 48.9 Å². The lowest BCUT2D eigenvalue weighted by Crippen LogP contribution is -2.25. The molecule has 0 fully saturated rings. The molecule has 8 heteroatoms. The highest BCUT2D eigenvalue weighted by Crippen LogP contribution is 2.26. The van der Waals surface area contributed by atoms with Crippen LogP contribution in [-0.2, 0) is 10.0 Å². The minimum Gasteiger partial charge on any atom is -0.322 e. The van der Waals surface area contributed by atoms with Crippen molar-refractivity contribution in [3.63, 3.8) is 0 Å². The molecule has 0 atom stereocenters. The van der Waals surface area contributed by atoms with Crippen LogP contribution in [0.4, 0.5) is 11.4 Å². The van der Waals surface area contributed by atoms with E-state index in [9.17, 15) is 13.2 Å². The zero-order valence-electron chi connectivity index (χ0n) is 13.3. The van der Waals surface area contributed by atoms with Gasteiger partial charge in [-0.25, -0.2) is 8.42 Å². The van der Waals surface area contributed by atoms with Crippen LogP contribution in [0.3, 0.4) is 0 Å². The third-order valence-corrected chi connectivity index (χ3v) is 5.26. The summed E-state index contributed by atoms with van der Waals surface area (Å²) in [6, 6.07) is 9.54. The topological polar surface area (TPSA) is 66.5 Å². The molecule has 0 unspecified atom stereocenters. The molecule has 0 radical (unpaired) electrons. The van der Waals surface area contributed by atoms with Crippen LogP contribution < -0.4 is 9.62 Å². The molecule has 0 bridgehead atoms. The predicted octanol–water partition coefficient (Wildman–Crippen LogP) is 3.95. The van der Waals surface area contributed by atoms with Crippen molar-refractivity contribution < 1.29 is 13.2 Å². The molecule has 2 aromatic rings. The first-order chi connectivity index (χ1) is 11.1. The van der Waals surface area contributed by atoms with Crippen LogP contribution in [0.5, 0.6) is 0 Å². The zero-order valence-corrected chi connectivity index (χ0v) is 15.6. The molecule has 2 aromatic carbocycles. The Labute approximate surface area is 151 Å².